The first-order valence-corrected chi connectivity index (χ1v) is 6.93. The largest absolute Gasteiger partial charge is 0.395 e. The summed E-state index contributed by atoms with van der Waals surface area (Å²) in [5.74, 6) is 0. The lowest BCUT2D eigenvalue weighted by atomic mass is 10.1. The van der Waals surface area contributed by atoms with Gasteiger partial charge in [0.2, 0.25) is 0 Å². The predicted molar refractivity (Wildman–Crippen MR) is 70.2 cm³/mol. The number of hydrogen-bond acceptors (Lipinski definition) is 4. The summed E-state index contributed by atoms with van der Waals surface area (Å²) < 4.78 is 5.79. The van der Waals surface area contributed by atoms with Crippen LogP contribution in [0, 0.1) is 0 Å². The number of likely N-dealkylation sites (N-methyl/N-ethyl adjacent to an activating group) is 1. The average Bonchev–Trinajstić information content (AvgIpc) is 2.76. The Bertz CT molecular complexity index is 198. The van der Waals surface area contributed by atoms with E-state index in [9.17, 15) is 5.11 Å². The highest BCUT2D eigenvalue weighted by Crippen LogP contribution is 2.21. The average molecular weight is 244 g/mol. The van der Waals surface area contributed by atoms with Crippen molar-refractivity contribution in [1.29, 1.82) is 0 Å². The number of nitrogens with one attached hydrogen (secondary N) is 1. The molecular formula is C13H28N2O2. The fourth-order valence-corrected chi connectivity index (χ4v) is 2.39. The molecule has 0 aliphatic carbocycles. The molecule has 0 spiro atoms. The highest BCUT2D eigenvalue weighted by molar-refractivity contribution is 4.82. The van der Waals surface area contributed by atoms with Gasteiger partial charge in [0.25, 0.3) is 0 Å². The summed E-state index contributed by atoms with van der Waals surface area (Å²) in [4.78, 5) is 2.37. The summed E-state index contributed by atoms with van der Waals surface area (Å²) in [5.41, 5.74) is 0. The molecule has 0 aromatic heterocycles. The topological polar surface area (TPSA) is 44.7 Å². The van der Waals surface area contributed by atoms with E-state index in [4.69, 9.17) is 4.74 Å². The third kappa shape index (κ3) is 4.92. The van der Waals surface area contributed by atoms with Crippen LogP contribution in [0.5, 0.6) is 0 Å². The zero-order valence-electron chi connectivity index (χ0n) is 11.5. The molecular weight excluding hydrogens is 216 g/mol. The Labute approximate surface area is 105 Å². The minimum Gasteiger partial charge on any atom is -0.395 e. The standard InChI is InChI=1S/C13H28N2O2/c1-4-15(5-2)9-8-14-12(10-16)13-7-6-11(3)17-13/h11-14,16H,4-10H2,1-3H3. The molecule has 2 N–H and O–H groups in total. The number of aliphatic hydroxyl groups is 1. The van der Waals surface area contributed by atoms with Gasteiger partial charge in [-0.3, -0.25) is 0 Å². The van der Waals surface area contributed by atoms with E-state index in [0.717, 1.165) is 39.0 Å². The van der Waals surface area contributed by atoms with Crippen molar-refractivity contribution in [3.8, 4) is 0 Å². The zero-order chi connectivity index (χ0) is 12.7. The molecule has 0 saturated carbocycles. The molecule has 1 heterocycles. The molecule has 102 valence electrons. The fraction of sp³-hybridized carbons (Fsp3) is 1.00. The first kappa shape index (κ1) is 14.9. The van der Waals surface area contributed by atoms with E-state index in [1.165, 1.54) is 0 Å². The predicted octanol–water partition coefficient (Wildman–Crippen LogP) is 0.846. The van der Waals surface area contributed by atoms with Gasteiger partial charge in [0.1, 0.15) is 0 Å². The summed E-state index contributed by atoms with van der Waals surface area (Å²) in [5, 5.41) is 12.8. The van der Waals surface area contributed by atoms with E-state index in [1.807, 2.05) is 0 Å². The summed E-state index contributed by atoms with van der Waals surface area (Å²) in [6, 6.07) is 0.0931. The Morgan fingerprint density at radius 1 is 1.35 bits per heavy atom. The normalized spacial score (nSPS) is 26.6. The zero-order valence-corrected chi connectivity index (χ0v) is 11.5. The molecule has 4 nitrogen and oxygen atoms in total. The van der Waals surface area contributed by atoms with Gasteiger partial charge in [0.05, 0.1) is 24.9 Å². The first-order valence-electron chi connectivity index (χ1n) is 6.93. The lowest BCUT2D eigenvalue weighted by Gasteiger charge is -2.25. The third-order valence-corrected chi connectivity index (χ3v) is 3.64. The number of aliphatic hydroxyl groups excluding tert-OH is 1. The molecule has 1 aliphatic heterocycles. The Balaban J connectivity index is 2.23. The van der Waals surface area contributed by atoms with Crippen LogP contribution in [-0.4, -0.2) is 61.0 Å². The van der Waals surface area contributed by atoms with Crippen LogP contribution in [0.2, 0.25) is 0 Å². The molecule has 1 fully saturated rings. The van der Waals surface area contributed by atoms with Crippen molar-refractivity contribution in [3.63, 3.8) is 0 Å². The molecule has 0 amide bonds. The molecule has 1 saturated heterocycles. The van der Waals surface area contributed by atoms with Crippen LogP contribution in [-0.2, 0) is 4.74 Å². The molecule has 0 bridgehead atoms. The molecule has 3 unspecified atom stereocenters. The molecule has 0 aromatic rings. The number of ether oxygens (including phenoxy) is 1. The number of rotatable bonds is 8. The lowest BCUT2D eigenvalue weighted by molar-refractivity contribution is 0.0169. The van der Waals surface area contributed by atoms with Gasteiger partial charge in [-0.15, -0.1) is 0 Å². The molecule has 0 aromatic carbocycles. The maximum atomic E-state index is 9.40. The van der Waals surface area contributed by atoms with Crippen molar-refractivity contribution in [2.24, 2.45) is 0 Å². The minimum absolute atomic E-state index is 0.0931. The molecule has 17 heavy (non-hydrogen) atoms. The minimum atomic E-state index is 0.0931. The second-order valence-electron chi connectivity index (χ2n) is 4.83. The van der Waals surface area contributed by atoms with Crippen molar-refractivity contribution in [2.45, 2.75) is 51.9 Å². The van der Waals surface area contributed by atoms with Gasteiger partial charge in [0.15, 0.2) is 0 Å². The lowest BCUT2D eigenvalue weighted by Crippen LogP contribution is -2.45. The Morgan fingerprint density at radius 3 is 2.53 bits per heavy atom. The van der Waals surface area contributed by atoms with Gasteiger partial charge in [-0.25, -0.2) is 0 Å². The molecule has 0 radical (unpaired) electrons. The second-order valence-corrected chi connectivity index (χ2v) is 4.83. The molecule has 3 atom stereocenters. The highest BCUT2D eigenvalue weighted by atomic mass is 16.5. The van der Waals surface area contributed by atoms with Crippen LogP contribution in [0.4, 0.5) is 0 Å². The molecule has 1 aliphatic rings. The third-order valence-electron chi connectivity index (χ3n) is 3.64. The second kappa shape index (κ2) is 8.03. The van der Waals surface area contributed by atoms with E-state index in [2.05, 4.69) is 31.0 Å². The summed E-state index contributed by atoms with van der Waals surface area (Å²) >= 11 is 0. The van der Waals surface area contributed by atoms with Crippen LogP contribution in [0.25, 0.3) is 0 Å². The van der Waals surface area contributed by atoms with E-state index in [-0.39, 0.29) is 18.8 Å². The summed E-state index contributed by atoms with van der Waals surface area (Å²) in [6.45, 7) is 10.7. The van der Waals surface area contributed by atoms with Gasteiger partial charge >= 0.3 is 0 Å². The Kier molecular flexibility index (Phi) is 7.04. The van der Waals surface area contributed by atoms with Gasteiger partial charge in [0, 0.05) is 13.1 Å². The highest BCUT2D eigenvalue weighted by Gasteiger charge is 2.28. The van der Waals surface area contributed by atoms with E-state index in [1.54, 1.807) is 0 Å². The van der Waals surface area contributed by atoms with Crippen molar-refractivity contribution < 1.29 is 9.84 Å². The quantitative estimate of drug-likeness (QED) is 0.664. The van der Waals surface area contributed by atoms with Crippen molar-refractivity contribution in [2.75, 3.05) is 32.8 Å². The number of nitrogens with zero attached hydrogens (tertiary/aromatic N) is 1. The monoisotopic (exact) mass is 244 g/mol. The van der Waals surface area contributed by atoms with Crippen LogP contribution in [0.3, 0.4) is 0 Å². The first-order chi connectivity index (χ1) is 8.21. The SMILES string of the molecule is CCN(CC)CCNC(CO)C1CCC(C)O1. The van der Waals surface area contributed by atoms with Crippen LogP contribution in [0.15, 0.2) is 0 Å². The van der Waals surface area contributed by atoms with Gasteiger partial charge < -0.3 is 20.1 Å². The fourth-order valence-electron chi connectivity index (χ4n) is 2.39. The van der Waals surface area contributed by atoms with Crippen LogP contribution >= 0.6 is 0 Å². The summed E-state index contributed by atoms with van der Waals surface area (Å²) in [6.07, 6.45) is 2.70. The van der Waals surface area contributed by atoms with Crippen molar-refractivity contribution in [1.82, 2.24) is 10.2 Å². The van der Waals surface area contributed by atoms with Crippen molar-refractivity contribution >= 4 is 0 Å². The van der Waals surface area contributed by atoms with E-state index in [0.29, 0.717) is 6.10 Å². The maximum absolute atomic E-state index is 9.40. The summed E-state index contributed by atoms with van der Waals surface area (Å²) in [7, 11) is 0. The van der Waals surface area contributed by atoms with Gasteiger partial charge in [-0.1, -0.05) is 13.8 Å². The Hall–Kier alpha value is -0.160. The van der Waals surface area contributed by atoms with Crippen molar-refractivity contribution in [3.05, 3.63) is 0 Å². The van der Waals surface area contributed by atoms with E-state index < -0.39 is 0 Å². The van der Waals surface area contributed by atoms with Crippen LogP contribution < -0.4 is 5.32 Å². The smallest absolute Gasteiger partial charge is 0.0755 e. The Morgan fingerprint density at radius 2 is 2.06 bits per heavy atom. The number of hydrogen-bond donors (Lipinski definition) is 2. The van der Waals surface area contributed by atoms with Crippen LogP contribution in [0.1, 0.15) is 33.6 Å². The maximum Gasteiger partial charge on any atom is 0.0755 e. The van der Waals surface area contributed by atoms with Gasteiger partial charge in [-0.05, 0) is 32.9 Å². The van der Waals surface area contributed by atoms with Gasteiger partial charge in [-0.2, -0.15) is 0 Å². The molecule has 1 rings (SSSR count). The molecule has 4 heteroatoms. The van der Waals surface area contributed by atoms with E-state index >= 15 is 0 Å².